The van der Waals surface area contributed by atoms with Gasteiger partial charge in [-0.2, -0.15) is 0 Å². The minimum absolute atomic E-state index is 0.0352. The van der Waals surface area contributed by atoms with E-state index in [1.165, 1.54) is 0 Å². The Hall–Kier alpha value is -1.81. The van der Waals surface area contributed by atoms with Gasteiger partial charge in [-0.05, 0) is 42.5 Å². The standard InChI is InChI=1S/C15H14ClNO3/c16-11-5-3-8(4-6-11)14(18)17-13-10-2-1-9(7-10)12(13)15(19)20/h1-6,9-10,12-13H,7H2,(H,17,18)(H,19,20). The number of carboxylic acid groups (broad SMARTS) is 1. The number of benzene rings is 1. The molecule has 104 valence electrons. The first-order chi connectivity index (χ1) is 9.56. The van der Waals surface area contributed by atoms with Crippen LogP contribution in [0.15, 0.2) is 36.4 Å². The van der Waals surface area contributed by atoms with Crippen molar-refractivity contribution in [2.45, 2.75) is 12.5 Å². The Morgan fingerprint density at radius 2 is 1.80 bits per heavy atom. The zero-order valence-electron chi connectivity index (χ0n) is 10.6. The molecule has 5 heteroatoms. The lowest BCUT2D eigenvalue weighted by atomic mass is 9.89. The fourth-order valence-electron chi connectivity index (χ4n) is 3.19. The Balaban J connectivity index is 1.77. The molecule has 0 spiro atoms. The molecule has 1 saturated carbocycles. The van der Waals surface area contributed by atoms with E-state index in [4.69, 9.17) is 11.6 Å². The summed E-state index contributed by atoms with van der Waals surface area (Å²) in [5.41, 5.74) is 0.491. The molecule has 1 amide bonds. The van der Waals surface area contributed by atoms with Gasteiger partial charge in [-0.1, -0.05) is 23.8 Å². The molecule has 3 rings (SSSR count). The lowest BCUT2D eigenvalue weighted by Crippen LogP contribution is -2.45. The minimum atomic E-state index is -0.844. The van der Waals surface area contributed by atoms with Crippen LogP contribution >= 0.6 is 11.6 Å². The van der Waals surface area contributed by atoms with Crippen molar-refractivity contribution >= 4 is 23.5 Å². The van der Waals surface area contributed by atoms with Crippen LogP contribution in [0.25, 0.3) is 0 Å². The van der Waals surface area contributed by atoms with Crippen molar-refractivity contribution in [2.24, 2.45) is 17.8 Å². The van der Waals surface area contributed by atoms with Crippen LogP contribution in [0.3, 0.4) is 0 Å². The first kappa shape index (κ1) is 13.2. The number of halogens is 1. The molecular weight excluding hydrogens is 278 g/mol. The van der Waals surface area contributed by atoms with E-state index < -0.39 is 11.9 Å². The molecule has 1 aromatic rings. The predicted octanol–water partition coefficient (Wildman–Crippen LogP) is 2.35. The van der Waals surface area contributed by atoms with Crippen molar-refractivity contribution in [1.29, 1.82) is 0 Å². The molecule has 1 fully saturated rings. The van der Waals surface area contributed by atoms with Gasteiger partial charge in [0.25, 0.3) is 5.91 Å². The number of carbonyl (C=O) groups excluding carboxylic acids is 1. The maximum Gasteiger partial charge on any atom is 0.309 e. The molecule has 2 bridgehead atoms. The molecule has 0 aliphatic heterocycles. The first-order valence-electron chi connectivity index (χ1n) is 6.54. The number of aliphatic carboxylic acids is 1. The van der Waals surface area contributed by atoms with E-state index in [1.54, 1.807) is 24.3 Å². The lowest BCUT2D eigenvalue weighted by molar-refractivity contribution is -0.143. The second kappa shape index (κ2) is 4.94. The van der Waals surface area contributed by atoms with Gasteiger partial charge in [0.15, 0.2) is 0 Å². The van der Waals surface area contributed by atoms with Crippen molar-refractivity contribution < 1.29 is 14.7 Å². The maximum absolute atomic E-state index is 12.2. The van der Waals surface area contributed by atoms with Crippen LogP contribution in [-0.4, -0.2) is 23.0 Å². The van der Waals surface area contributed by atoms with E-state index in [-0.39, 0.29) is 23.8 Å². The third-order valence-electron chi connectivity index (χ3n) is 4.15. The summed E-state index contributed by atoms with van der Waals surface area (Å²) in [6.45, 7) is 0. The third-order valence-corrected chi connectivity index (χ3v) is 4.40. The topological polar surface area (TPSA) is 66.4 Å². The predicted molar refractivity (Wildman–Crippen MR) is 74.6 cm³/mol. The van der Waals surface area contributed by atoms with Crippen LogP contribution in [0.1, 0.15) is 16.8 Å². The second-order valence-corrected chi connectivity index (χ2v) is 5.75. The van der Waals surface area contributed by atoms with Crippen molar-refractivity contribution in [3.8, 4) is 0 Å². The molecule has 0 saturated heterocycles. The number of carbonyl (C=O) groups is 2. The minimum Gasteiger partial charge on any atom is -0.481 e. The summed E-state index contributed by atoms with van der Waals surface area (Å²) in [5.74, 6) is -1.46. The third kappa shape index (κ3) is 2.20. The lowest BCUT2D eigenvalue weighted by Gasteiger charge is -2.25. The molecule has 4 nitrogen and oxygen atoms in total. The molecule has 2 aliphatic rings. The maximum atomic E-state index is 12.2. The second-order valence-electron chi connectivity index (χ2n) is 5.32. The molecule has 0 aromatic heterocycles. The largest absolute Gasteiger partial charge is 0.481 e. The van der Waals surface area contributed by atoms with E-state index in [9.17, 15) is 14.7 Å². The highest BCUT2D eigenvalue weighted by Gasteiger charge is 2.48. The Kier molecular flexibility index (Phi) is 3.26. The normalized spacial score (nSPS) is 30.4. The molecule has 0 radical (unpaired) electrons. The van der Waals surface area contributed by atoms with Crippen LogP contribution in [0.2, 0.25) is 5.02 Å². The van der Waals surface area contributed by atoms with Gasteiger partial charge in [-0.25, -0.2) is 0 Å². The number of hydrogen-bond donors (Lipinski definition) is 2. The number of fused-ring (bicyclic) bond motifs is 2. The number of nitrogens with one attached hydrogen (secondary N) is 1. The first-order valence-corrected chi connectivity index (χ1v) is 6.91. The van der Waals surface area contributed by atoms with Gasteiger partial charge in [0.2, 0.25) is 0 Å². The molecule has 1 aromatic carbocycles. The van der Waals surface area contributed by atoms with Gasteiger partial charge in [0.05, 0.1) is 5.92 Å². The summed E-state index contributed by atoms with van der Waals surface area (Å²) in [4.78, 5) is 23.5. The number of hydrogen-bond acceptors (Lipinski definition) is 2. The molecule has 20 heavy (non-hydrogen) atoms. The average Bonchev–Trinajstić information content (AvgIpc) is 3.00. The number of carboxylic acids is 1. The monoisotopic (exact) mass is 291 g/mol. The molecule has 0 heterocycles. The van der Waals surface area contributed by atoms with E-state index in [1.807, 2.05) is 12.2 Å². The van der Waals surface area contributed by atoms with Crippen LogP contribution in [-0.2, 0) is 4.79 Å². The number of amides is 1. The summed E-state index contributed by atoms with van der Waals surface area (Å²) >= 11 is 5.78. The van der Waals surface area contributed by atoms with Crippen molar-refractivity contribution in [2.75, 3.05) is 0 Å². The summed E-state index contributed by atoms with van der Waals surface area (Å²) in [6, 6.07) is 6.23. The molecule has 2 aliphatic carbocycles. The van der Waals surface area contributed by atoms with Crippen molar-refractivity contribution in [3.05, 3.63) is 47.0 Å². The fourth-order valence-corrected chi connectivity index (χ4v) is 3.32. The van der Waals surface area contributed by atoms with Crippen molar-refractivity contribution in [3.63, 3.8) is 0 Å². The molecule has 4 unspecified atom stereocenters. The Morgan fingerprint density at radius 1 is 1.15 bits per heavy atom. The van der Waals surface area contributed by atoms with Crippen LogP contribution in [0.5, 0.6) is 0 Å². The van der Waals surface area contributed by atoms with Crippen LogP contribution < -0.4 is 5.32 Å². The zero-order valence-corrected chi connectivity index (χ0v) is 11.4. The van der Waals surface area contributed by atoms with Gasteiger partial charge in [-0.3, -0.25) is 9.59 Å². The Labute approximate surface area is 121 Å². The van der Waals surface area contributed by atoms with Gasteiger partial charge in [0, 0.05) is 16.6 Å². The highest BCUT2D eigenvalue weighted by Crippen LogP contribution is 2.43. The molecule has 2 N–H and O–H groups in total. The quantitative estimate of drug-likeness (QED) is 0.840. The summed E-state index contributed by atoms with van der Waals surface area (Å²) in [5, 5.41) is 12.7. The Bertz CT molecular complexity index is 581. The smallest absolute Gasteiger partial charge is 0.309 e. The summed E-state index contributed by atoms with van der Waals surface area (Å²) < 4.78 is 0. The summed E-state index contributed by atoms with van der Waals surface area (Å²) in [7, 11) is 0. The number of allylic oxidation sites excluding steroid dienone is 1. The van der Waals surface area contributed by atoms with Gasteiger partial charge in [0.1, 0.15) is 0 Å². The number of rotatable bonds is 3. The SMILES string of the molecule is O=C(NC1C2C=CC(C2)C1C(=O)O)c1ccc(Cl)cc1. The van der Waals surface area contributed by atoms with E-state index in [2.05, 4.69) is 5.32 Å². The molecular formula is C15H14ClNO3. The highest BCUT2D eigenvalue weighted by molar-refractivity contribution is 6.30. The van der Waals surface area contributed by atoms with Crippen LogP contribution in [0, 0.1) is 17.8 Å². The van der Waals surface area contributed by atoms with Gasteiger partial charge in [-0.15, -0.1) is 0 Å². The van der Waals surface area contributed by atoms with Gasteiger partial charge < -0.3 is 10.4 Å². The molecule has 4 atom stereocenters. The van der Waals surface area contributed by atoms with E-state index >= 15 is 0 Å². The van der Waals surface area contributed by atoms with Crippen LogP contribution in [0.4, 0.5) is 0 Å². The highest BCUT2D eigenvalue weighted by atomic mass is 35.5. The Morgan fingerprint density at radius 3 is 2.45 bits per heavy atom. The van der Waals surface area contributed by atoms with E-state index in [0.717, 1.165) is 6.42 Å². The fraction of sp³-hybridized carbons (Fsp3) is 0.333. The van der Waals surface area contributed by atoms with E-state index in [0.29, 0.717) is 10.6 Å². The average molecular weight is 292 g/mol. The van der Waals surface area contributed by atoms with Crippen molar-refractivity contribution in [1.82, 2.24) is 5.32 Å². The van der Waals surface area contributed by atoms with Gasteiger partial charge >= 0.3 is 5.97 Å². The summed E-state index contributed by atoms with van der Waals surface area (Å²) in [6.07, 6.45) is 4.77. The zero-order chi connectivity index (χ0) is 14.3.